The van der Waals surface area contributed by atoms with E-state index >= 15 is 0 Å². The van der Waals surface area contributed by atoms with Crippen molar-refractivity contribution in [3.05, 3.63) is 0 Å². The van der Waals surface area contributed by atoms with Gasteiger partial charge in [0.05, 0.1) is 0 Å². The normalized spacial score (nSPS) is 34.2. The summed E-state index contributed by atoms with van der Waals surface area (Å²) in [6.45, 7) is 0.790. The number of hydrogen-bond acceptors (Lipinski definition) is 3. The third-order valence-corrected chi connectivity index (χ3v) is 1.75. The highest BCUT2D eigenvalue weighted by Crippen LogP contribution is 2.16. The van der Waals surface area contributed by atoms with Crippen molar-refractivity contribution in [3.63, 3.8) is 0 Å². The second-order valence-corrected chi connectivity index (χ2v) is 2.39. The summed E-state index contributed by atoms with van der Waals surface area (Å²) in [5.41, 5.74) is 0. The Labute approximate surface area is 61.3 Å². The molecule has 1 fully saturated rings. The maximum atomic E-state index is 5.28. The molecule has 1 aliphatic heterocycles. The summed E-state index contributed by atoms with van der Waals surface area (Å²) in [4.78, 5) is 0. The van der Waals surface area contributed by atoms with Gasteiger partial charge in [0.15, 0.2) is 6.29 Å². The molecular weight excluding hydrogens is 132 g/mol. The van der Waals surface area contributed by atoms with Crippen LogP contribution in [0.5, 0.6) is 0 Å². The zero-order chi connectivity index (χ0) is 7.40. The lowest BCUT2D eigenvalue weighted by atomic mass is 10.1. The first-order valence-corrected chi connectivity index (χ1v) is 3.55. The van der Waals surface area contributed by atoms with Crippen LogP contribution >= 0.6 is 0 Å². The molecule has 0 N–H and O–H groups in total. The van der Waals surface area contributed by atoms with Gasteiger partial charge in [0, 0.05) is 20.8 Å². The van der Waals surface area contributed by atoms with E-state index in [2.05, 4.69) is 0 Å². The molecule has 0 saturated carbocycles. The molecule has 0 aliphatic carbocycles. The van der Waals surface area contributed by atoms with Gasteiger partial charge in [-0.05, 0) is 12.8 Å². The van der Waals surface area contributed by atoms with Crippen molar-refractivity contribution < 1.29 is 14.2 Å². The maximum Gasteiger partial charge on any atom is 0.183 e. The summed E-state index contributed by atoms with van der Waals surface area (Å²) >= 11 is 0. The SMILES string of the molecule is COC1CCCOC1OC. The van der Waals surface area contributed by atoms with Crippen LogP contribution in [0.4, 0.5) is 0 Å². The molecule has 0 amide bonds. The predicted molar refractivity (Wildman–Crippen MR) is 36.8 cm³/mol. The molecule has 2 unspecified atom stereocenters. The van der Waals surface area contributed by atoms with Crippen molar-refractivity contribution in [2.24, 2.45) is 0 Å². The Morgan fingerprint density at radius 3 is 2.60 bits per heavy atom. The summed E-state index contributed by atoms with van der Waals surface area (Å²) < 4.78 is 15.5. The largest absolute Gasteiger partial charge is 0.376 e. The van der Waals surface area contributed by atoms with E-state index in [1.54, 1.807) is 14.2 Å². The molecule has 1 aliphatic rings. The summed E-state index contributed by atoms with van der Waals surface area (Å²) in [5, 5.41) is 0. The molecule has 60 valence electrons. The van der Waals surface area contributed by atoms with Crippen molar-refractivity contribution in [2.45, 2.75) is 25.2 Å². The third-order valence-electron chi connectivity index (χ3n) is 1.75. The van der Waals surface area contributed by atoms with E-state index < -0.39 is 0 Å². The summed E-state index contributed by atoms with van der Waals surface area (Å²) in [7, 11) is 3.33. The van der Waals surface area contributed by atoms with Gasteiger partial charge < -0.3 is 14.2 Å². The lowest BCUT2D eigenvalue weighted by Crippen LogP contribution is -2.36. The minimum Gasteiger partial charge on any atom is -0.376 e. The van der Waals surface area contributed by atoms with Crippen molar-refractivity contribution in [2.75, 3.05) is 20.8 Å². The molecule has 0 bridgehead atoms. The van der Waals surface area contributed by atoms with E-state index in [1.165, 1.54) is 0 Å². The minimum atomic E-state index is -0.154. The molecule has 3 heteroatoms. The highest BCUT2D eigenvalue weighted by atomic mass is 16.7. The van der Waals surface area contributed by atoms with Gasteiger partial charge in [0.1, 0.15) is 6.10 Å². The molecule has 1 rings (SSSR count). The van der Waals surface area contributed by atoms with Crippen molar-refractivity contribution >= 4 is 0 Å². The van der Waals surface area contributed by atoms with Crippen LogP contribution in [0, 0.1) is 0 Å². The van der Waals surface area contributed by atoms with Gasteiger partial charge >= 0.3 is 0 Å². The fourth-order valence-corrected chi connectivity index (χ4v) is 1.18. The number of ether oxygens (including phenoxy) is 3. The average molecular weight is 146 g/mol. The van der Waals surface area contributed by atoms with Gasteiger partial charge in [-0.15, -0.1) is 0 Å². The molecule has 1 heterocycles. The van der Waals surface area contributed by atoms with Crippen LogP contribution in [0.1, 0.15) is 12.8 Å². The van der Waals surface area contributed by atoms with E-state index in [1.807, 2.05) is 0 Å². The lowest BCUT2D eigenvalue weighted by Gasteiger charge is -2.28. The second-order valence-electron chi connectivity index (χ2n) is 2.39. The number of hydrogen-bond donors (Lipinski definition) is 0. The van der Waals surface area contributed by atoms with Crippen LogP contribution < -0.4 is 0 Å². The summed E-state index contributed by atoms with van der Waals surface area (Å²) in [6.07, 6.45) is 2.07. The fraction of sp³-hybridized carbons (Fsp3) is 1.00. The van der Waals surface area contributed by atoms with Gasteiger partial charge in [0.25, 0.3) is 0 Å². The quantitative estimate of drug-likeness (QED) is 0.576. The number of methoxy groups -OCH3 is 2. The Hall–Kier alpha value is -0.120. The Kier molecular flexibility index (Phi) is 3.12. The summed E-state index contributed by atoms with van der Waals surface area (Å²) in [6, 6.07) is 0. The number of rotatable bonds is 2. The Morgan fingerprint density at radius 2 is 2.10 bits per heavy atom. The van der Waals surface area contributed by atoms with E-state index in [-0.39, 0.29) is 12.4 Å². The van der Waals surface area contributed by atoms with Crippen LogP contribution in [-0.4, -0.2) is 33.2 Å². The molecular formula is C7H14O3. The van der Waals surface area contributed by atoms with E-state index in [9.17, 15) is 0 Å². The molecule has 0 aromatic carbocycles. The van der Waals surface area contributed by atoms with Crippen molar-refractivity contribution in [1.82, 2.24) is 0 Å². The second kappa shape index (κ2) is 3.91. The lowest BCUT2D eigenvalue weighted by molar-refractivity contribution is -0.209. The van der Waals surface area contributed by atoms with Crippen LogP contribution in [-0.2, 0) is 14.2 Å². The molecule has 1 saturated heterocycles. The topological polar surface area (TPSA) is 27.7 Å². The van der Waals surface area contributed by atoms with Crippen LogP contribution in [0.15, 0.2) is 0 Å². The first-order valence-electron chi connectivity index (χ1n) is 3.55. The van der Waals surface area contributed by atoms with Gasteiger partial charge in [-0.2, -0.15) is 0 Å². The molecule has 0 spiro atoms. The Morgan fingerprint density at radius 1 is 1.30 bits per heavy atom. The monoisotopic (exact) mass is 146 g/mol. The molecule has 0 aromatic rings. The van der Waals surface area contributed by atoms with Gasteiger partial charge in [-0.25, -0.2) is 0 Å². The average Bonchev–Trinajstić information content (AvgIpc) is 2.04. The van der Waals surface area contributed by atoms with Gasteiger partial charge in [-0.1, -0.05) is 0 Å². The minimum absolute atomic E-state index is 0.124. The maximum absolute atomic E-state index is 5.28. The standard InChI is InChI=1S/C7H14O3/c1-8-6-4-3-5-10-7(6)9-2/h6-7H,3-5H2,1-2H3. The van der Waals surface area contributed by atoms with E-state index in [0.29, 0.717) is 0 Å². The predicted octanol–water partition coefficient (Wildman–Crippen LogP) is 0.784. The van der Waals surface area contributed by atoms with Crippen molar-refractivity contribution in [3.8, 4) is 0 Å². The van der Waals surface area contributed by atoms with Crippen LogP contribution in [0.25, 0.3) is 0 Å². The highest BCUT2D eigenvalue weighted by molar-refractivity contribution is 4.66. The molecule has 3 nitrogen and oxygen atoms in total. The zero-order valence-electron chi connectivity index (χ0n) is 6.50. The van der Waals surface area contributed by atoms with Gasteiger partial charge in [-0.3, -0.25) is 0 Å². The van der Waals surface area contributed by atoms with E-state index in [0.717, 1.165) is 19.4 Å². The summed E-state index contributed by atoms with van der Waals surface area (Å²) in [5.74, 6) is 0. The zero-order valence-corrected chi connectivity index (χ0v) is 6.50. The first-order chi connectivity index (χ1) is 4.88. The Bertz CT molecular complexity index is 82.9. The highest BCUT2D eigenvalue weighted by Gasteiger charge is 2.24. The van der Waals surface area contributed by atoms with Gasteiger partial charge in [0.2, 0.25) is 0 Å². The van der Waals surface area contributed by atoms with Crippen LogP contribution in [0.2, 0.25) is 0 Å². The van der Waals surface area contributed by atoms with E-state index in [4.69, 9.17) is 14.2 Å². The smallest absolute Gasteiger partial charge is 0.183 e. The molecule has 0 radical (unpaired) electrons. The fourth-order valence-electron chi connectivity index (χ4n) is 1.18. The molecule has 10 heavy (non-hydrogen) atoms. The van der Waals surface area contributed by atoms with Crippen molar-refractivity contribution in [1.29, 1.82) is 0 Å². The third kappa shape index (κ3) is 1.68. The molecule has 2 atom stereocenters. The Balaban J connectivity index is 2.34. The van der Waals surface area contributed by atoms with Crippen LogP contribution in [0.3, 0.4) is 0 Å². The first kappa shape index (κ1) is 7.98. The molecule has 0 aromatic heterocycles.